The Morgan fingerprint density at radius 1 is 1.45 bits per heavy atom. The molecular weight excluding hydrogens is 300 g/mol. The predicted molar refractivity (Wildman–Crippen MR) is 77.6 cm³/mol. The molecule has 1 heterocycles. The maximum atomic E-state index is 12.1. The van der Waals surface area contributed by atoms with Gasteiger partial charge in [-0.2, -0.15) is 0 Å². The number of carboxylic acids is 1. The first-order valence-corrected chi connectivity index (χ1v) is 6.95. The second-order valence-corrected chi connectivity index (χ2v) is 5.42. The number of benzene rings is 1. The summed E-state index contributed by atoms with van der Waals surface area (Å²) < 4.78 is 0. The van der Waals surface area contributed by atoms with E-state index in [9.17, 15) is 9.59 Å². The summed E-state index contributed by atoms with van der Waals surface area (Å²) in [5.74, 6) is -1.25. The van der Waals surface area contributed by atoms with Gasteiger partial charge in [0.05, 0.1) is 12.1 Å². The van der Waals surface area contributed by atoms with Crippen molar-refractivity contribution >= 4 is 39.9 Å². The summed E-state index contributed by atoms with van der Waals surface area (Å²) in [6.45, 7) is 1.79. The van der Waals surface area contributed by atoms with Crippen molar-refractivity contribution in [1.82, 2.24) is 4.98 Å². The van der Waals surface area contributed by atoms with E-state index < -0.39 is 5.97 Å². The molecule has 7 heteroatoms. The third-order valence-electron chi connectivity index (χ3n) is 2.54. The molecule has 0 saturated carbocycles. The minimum atomic E-state index is -0.957. The van der Waals surface area contributed by atoms with Gasteiger partial charge in [-0.15, -0.1) is 11.3 Å². The van der Waals surface area contributed by atoms with E-state index in [1.165, 1.54) is 11.3 Å². The largest absolute Gasteiger partial charge is 0.481 e. The molecule has 1 aromatic carbocycles. The van der Waals surface area contributed by atoms with E-state index in [0.717, 1.165) is 5.56 Å². The molecule has 0 bridgehead atoms. The van der Waals surface area contributed by atoms with Crippen LogP contribution in [0.1, 0.15) is 21.6 Å². The molecule has 0 aliphatic carbocycles. The maximum absolute atomic E-state index is 12.1. The number of carbonyl (C=O) groups excluding carboxylic acids is 1. The van der Waals surface area contributed by atoms with E-state index in [4.69, 9.17) is 16.7 Å². The molecule has 1 amide bonds. The number of carboxylic acid groups (broad SMARTS) is 1. The minimum Gasteiger partial charge on any atom is -0.481 e. The summed E-state index contributed by atoms with van der Waals surface area (Å²) >= 11 is 7.03. The van der Waals surface area contributed by atoms with E-state index in [2.05, 4.69) is 10.3 Å². The Morgan fingerprint density at radius 3 is 2.85 bits per heavy atom. The van der Waals surface area contributed by atoms with Crippen molar-refractivity contribution in [2.75, 3.05) is 5.32 Å². The molecular formula is C13H11ClN2O3S. The van der Waals surface area contributed by atoms with Crippen LogP contribution in [0.2, 0.25) is 5.02 Å². The van der Waals surface area contributed by atoms with Gasteiger partial charge in [-0.1, -0.05) is 11.6 Å². The zero-order chi connectivity index (χ0) is 14.7. The van der Waals surface area contributed by atoms with Crippen LogP contribution in [0.4, 0.5) is 5.13 Å². The lowest BCUT2D eigenvalue weighted by molar-refractivity contribution is -0.136. The van der Waals surface area contributed by atoms with Crippen molar-refractivity contribution < 1.29 is 14.7 Å². The summed E-state index contributed by atoms with van der Waals surface area (Å²) in [5, 5.41) is 13.9. The van der Waals surface area contributed by atoms with Gasteiger partial charge < -0.3 is 5.11 Å². The van der Waals surface area contributed by atoms with Gasteiger partial charge in [0.1, 0.15) is 0 Å². The van der Waals surface area contributed by atoms with E-state index in [1.807, 2.05) is 0 Å². The molecule has 0 aliphatic heterocycles. The Bertz CT molecular complexity index is 669. The standard InChI is InChI=1S/C13H11ClN2O3S/c1-7-4-8(14)2-3-10(7)12(19)16-13-15-9(6-20-13)5-11(17)18/h2-4,6H,5H2,1H3,(H,17,18)(H,15,16,19). The number of carbonyl (C=O) groups is 2. The number of aliphatic carboxylic acids is 1. The smallest absolute Gasteiger partial charge is 0.309 e. The lowest BCUT2D eigenvalue weighted by Crippen LogP contribution is -2.13. The van der Waals surface area contributed by atoms with Crippen LogP contribution in [0.15, 0.2) is 23.6 Å². The van der Waals surface area contributed by atoms with Gasteiger partial charge in [0.25, 0.3) is 5.91 Å². The average molecular weight is 311 g/mol. The van der Waals surface area contributed by atoms with Crippen LogP contribution in [0.25, 0.3) is 0 Å². The fraction of sp³-hybridized carbons (Fsp3) is 0.154. The van der Waals surface area contributed by atoms with Crippen molar-refractivity contribution in [1.29, 1.82) is 0 Å². The Hall–Kier alpha value is -1.92. The zero-order valence-corrected chi connectivity index (χ0v) is 12.1. The van der Waals surface area contributed by atoms with Crippen LogP contribution in [-0.2, 0) is 11.2 Å². The highest BCUT2D eigenvalue weighted by Crippen LogP contribution is 2.19. The first-order chi connectivity index (χ1) is 9.45. The number of halogens is 1. The lowest BCUT2D eigenvalue weighted by atomic mass is 10.1. The molecule has 20 heavy (non-hydrogen) atoms. The highest BCUT2D eigenvalue weighted by atomic mass is 35.5. The maximum Gasteiger partial charge on any atom is 0.309 e. The highest BCUT2D eigenvalue weighted by molar-refractivity contribution is 7.14. The topological polar surface area (TPSA) is 79.3 Å². The van der Waals surface area contributed by atoms with Gasteiger partial charge in [-0.3, -0.25) is 14.9 Å². The fourth-order valence-corrected chi connectivity index (χ4v) is 2.58. The molecule has 2 rings (SSSR count). The third-order valence-corrected chi connectivity index (χ3v) is 3.58. The molecule has 0 spiro atoms. The quantitative estimate of drug-likeness (QED) is 0.910. The molecule has 0 fully saturated rings. The number of anilines is 1. The second-order valence-electron chi connectivity index (χ2n) is 4.13. The number of amides is 1. The number of nitrogens with one attached hydrogen (secondary N) is 1. The number of hydrogen-bond donors (Lipinski definition) is 2. The molecule has 5 nitrogen and oxygen atoms in total. The van der Waals surface area contributed by atoms with Gasteiger partial charge >= 0.3 is 5.97 Å². The summed E-state index contributed by atoms with van der Waals surface area (Å²) in [4.78, 5) is 26.7. The summed E-state index contributed by atoms with van der Waals surface area (Å²) in [5.41, 5.74) is 1.69. The first kappa shape index (κ1) is 14.5. The molecule has 104 valence electrons. The van der Waals surface area contributed by atoms with E-state index in [0.29, 0.717) is 21.4 Å². The second kappa shape index (κ2) is 6.02. The molecule has 0 radical (unpaired) electrons. The van der Waals surface area contributed by atoms with Crippen molar-refractivity contribution in [3.8, 4) is 0 Å². The van der Waals surface area contributed by atoms with Gasteiger partial charge in [0.15, 0.2) is 5.13 Å². The van der Waals surface area contributed by atoms with Crippen LogP contribution in [0.5, 0.6) is 0 Å². The Morgan fingerprint density at radius 2 is 2.20 bits per heavy atom. The van der Waals surface area contributed by atoms with Crippen molar-refractivity contribution in [2.24, 2.45) is 0 Å². The molecule has 0 saturated heterocycles. The summed E-state index contributed by atoms with van der Waals surface area (Å²) in [6, 6.07) is 4.98. The lowest BCUT2D eigenvalue weighted by Gasteiger charge is -2.05. The van der Waals surface area contributed by atoms with E-state index in [1.54, 1.807) is 30.5 Å². The van der Waals surface area contributed by atoms with E-state index >= 15 is 0 Å². The normalized spacial score (nSPS) is 10.3. The van der Waals surface area contributed by atoms with Gasteiger partial charge in [0, 0.05) is 16.0 Å². The summed E-state index contributed by atoms with van der Waals surface area (Å²) in [6.07, 6.45) is -0.160. The SMILES string of the molecule is Cc1cc(Cl)ccc1C(=O)Nc1nc(CC(=O)O)cs1. The Balaban J connectivity index is 2.11. The minimum absolute atomic E-state index is 0.160. The number of rotatable bonds is 4. The zero-order valence-electron chi connectivity index (χ0n) is 10.5. The Labute approximate surface area is 124 Å². The van der Waals surface area contributed by atoms with Crippen molar-refractivity contribution in [3.05, 3.63) is 45.4 Å². The number of nitrogens with zero attached hydrogens (tertiary/aromatic N) is 1. The molecule has 0 unspecified atom stereocenters. The van der Waals surface area contributed by atoms with Crippen molar-refractivity contribution in [3.63, 3.8) is 0 Å². The van der Waals surface area contributed by atoms with Crippen LogP contribution < -0.4 is 5.32 Å². The molecule has 1 aromatic heterocycles. The number of hydrogen-bond acceptors (Lipinski definition) is 4. The molecule has 0 aliphatic rings. The van der Waals surface area contributed by atoms with Crippen molar-refractivity contribution in [2.45, 2.75) is 13.3 Å². The van der Waals surface area contributed by atoms with Gasteiger partial charge in [-0.25, -0.2) is 4.98 Å². The Kier molecular flexibility index (Phi) is 4.36. The predicted octanol–water partition coefficient (Wildman–Crippen LogP) is 2.98. The number of thiazole rings is 1. The molecule has 2 aromatic rings. The van der Waals surface area contributed by atoms with E-state index in [-0.39, 0.29) is 12.3 Å². The van der Waals surface area contributed by atoms with Gasteiger partial charge in [0.2, 0.25) is 0 Å². The number of aryl methyl sites for hydroxylation is 1. The monoisotopic (exact) mass is 310 g/mol. The van der Waals surface area contributed by atoms with Crippen LogP contribution in [0.3, 0.4) is 0 Å². The van der Waals surface area contributed by atoms with Crippen LogP contribution >= 0.6 is 22.9 Å². The summed E-state index contributed by atoms with van der Waals surface area (Å²) in [7, 11) is 0. The first-order valence-electron chi connectivity index (χ1n) is 5.69. The fourth-order valence-electron chi connectivity index (χ4n) is 1.65. The van der Waals surface area contributed by atoms with Crippen LogP contribution in [0, 0.1) is 6.92 Å². The highest BCUT2D eigenvalue weighted by Gasteiger charge is 2.12. The average Bonchev–Trinajstić information content (AvgIpc) is 2.75. The molecule has 2 N–H and O–H groups in total. The molecule has 0 atom stereocenters. The number of aromatic nitrogens is 1. The van der Waals surface area contributed by atoms with Gasteiger partial charge in [-0.05, 0) is 30.7 Å². The van der Waals surface area contributed by atoms with Crippen LogP contribution in [-0.4, -0.2) is 22.0 Å². The third kappa shape index (κ3) is 3.55.